The van der Waals surface area contributed by atoms with Crippen LogP contribution in [0.2, 0.25) is 0 Å². The van der Waals surface area contributed by atoms with Crippen LogP contribution in [0.5, 0.6) is 0 Å². The molecule has 130 valence electrons. The summed E-state index contributed by atoms with van der Waals surface area (Å²) < 4.78 is 1.99. The maximum Gasteiger partial charge on any atom is 0.254 e. The minimum Gasteiger partial charge on any atom is -0.349 e. The zero-order valence-corrected chi connectivity index (χ0v) is 14.5. The molecule has 2 aliphatic rings. The third kappa shape index (κ3) is 3.23. The SMILES string of the molecule is C=CC(=O)N1CC(C(C)NC(=O)c2cnn(CCC)c2C2CC2)C1. The first-order valence-corrected chi connectivity index (χ1v) is 8.83. The average Bonchev–Trinajstić information content (AvgIpc) is 3.26. The lowest BCUT2D eigenvalue weighted by molar-refractivity contribution is -0.132. The lowest BCUT2D eigenvalue weighted by Crippen LogP contribution is -2.57. The minimum atomic E-state index is -0.0414. The molecule has 0 spiro atoms. The molecule has 2 amide bonds. The van der Waals surface area contributed by atoms with Crippen molar-refractivity contribution in [3.63, 3.8) is 0 Å². The number of rotatable bonds is 7. The van der Waals surface area contributed by atoms with Crippen molar-refractivity contribution in [1.29, 1.82) is 0 Å². The Morgan fingerprint density at radius 2 is 2.17 bits per heavy atom. The second-order valence-electron chi connectivity index (χ2n) is 6.91. The van der Waals surface area contributed by atoms with Crippen LogP contribution in [-0.4, -0.2) is 45.6 Å². The molecule has 1 N–H and O–H groups in total. The molecule has 0 radical (unpaired) electrons. The standard InChI is InChI=1S/C18H26N4O2/c1-4-8-22-17(13-6-7-13)15(9-19-22)18(24)20-12(3)14-10-21(11-14)16(23)5-2/h5,9,12-14H,2,4,6-8,10-11H2,1,3H3,(H,20,24). The van der Waals surface area contributed by atoms with E-state index in [0.717, 1.165) is 37.1 Å². The van der Waals surface area contributed by atoms with Crippen LogP contribution in [0.1, 0.15) is 55.1 Å². The number of nitrogens with one attached hydrogen (secondary N) is 1. The molecular weight excluding hydrogens is 304 g/mol. The van der Waals surface area contributed by atoms with Gasteiger partial charge in [-0.2, -0.15) is 5.10 Å². The molecule has 6 nitrogen and oxygen atoms in total. The lowest BCUT2D eigenvalue weighted by Gasteiger charge is -2.42. The number of amides is 2. The zero-order valence-electron chi connectivity index (χ0n) is 14.5. The Morgan fingerprint density at radius 3 is 2.75 bits per heavy atom. The zero-order chi connectivity index (χ0) is 17.3. The van der Waals surface area contributed by atoms with E-state index in [9.17, 15) is 9.59 Å². The number of aryl methyl sites for hydroxylation is 1. The van der Waals surface area contributed by atoms with E-state index in [-0.39, 0.29) is 17.9 Å². The van der Waals surface area contributed by atoms with E-state index in [1.54, 1.807) is 11.1 Å². The maximum absolute atomic E-state index is 12.7. The minimum absolute atomic E-state index is 0.0351. The van der Waals surface area contributed by atoms with Crippen LogP contribution in [-0.2, 0) is 11.3 Å². The van der Waals surface area contributed by atoms with E-state index in [1.165, 1.54) is 6.08 Å². The number of nitrogens with zero attached hydrogens (tertiary/aromatic N) is 3. The summed E-state index contributed by atoms with van der Waals surface area (Å²) in [6, 6.07) is 0.0351. The summed E-state index contributed by atoms with van der Waals surface area (Å²) in [5.41, 5.74) is 1.81. The predicted octanol–water partition coefficient (Wildman–Crippen LogP) is 1.93. The third-order valence-electron chi connectivity index (χ3n) is 4.99. The first kappa shape index (κ1) is 16.7. The number of carbonyl (C=O) groups excluding carboxylic acids is 2. The Balaban J connectivity index is 1.61. The van der Waals surface area contributed by atoms with Crippen molar-refractivity contribution in [1.82, 2.24) is 20.0 Å². The number of hydrogen-bond donors (Lipinski definition) is 1. The molecule has 0 aromatic carbocycles. The smallest absolute Gasteiger partial charge is 0.254 e. The Bertz CT molecular complexity index is 641. The fourth-order valence-electron chi connectivity index (χ4n) is 3.29. The van der Waals surface area contributed by atoms with Gasteiger partial charge in [-0.15, -0.1) is 0 Å². The largest absolute Gasteiger partial charge is 0.349 e. The van der Waals surface area contributed by atoms with Crippen LogP contribution in [0.15, 0.2) is 18.9 Å². The van der Waals surface area contributed by atoms with Crippen LogP contribution in [0.25, 0.3) is 0 Å². The molecule has 1 aromatic heterocycles. The van der Waals surface area contributed by atoms with Gasteiger partial charge in [-0.25, -0.2) is 0 Å². The Labute approximate surface area is 142 Å². The fraction of sp³-hybridized carbons (Fsp3) is 0.611. The van der Waals surface area contributed by atoms with Crippen molar-refractivity contribution in [3.8, 4) is 0 Å². The molecule has 1 saturated heterocycles. The van der Waals surface area contributed by atoms with Crippen LogP contribution in [0, 0.1) is 5.92 Å². The summed E-state index contributed by atoms with van der Waals surface area (Å²) in [6.07, 6.45) is 6.34. The van der Waals surface area contributed by atoms with E-state index in [4.69, 9.17) is 0 Å². The van der Waals surface area contributed by atoms with E-state index >= 15 is 0 Å². The summed E-state index contributed by atoms with van der Waals surface area (Å²) in [5, 5.41) is 7.51. The molecular formula is C18H26N4O2. The van der Waals surface area contributed by atoms with Gasteiger partial charge in [0.25, 0.3) is 5.91 Å². The van der Waals surface area contributed by atoms with Gasteiger partial charge in [-0.05, 0) is 32.3 Å². The molecule has 1 aliphatic carbocycles. The lowest BCUT2D eigenvalue weighted by atomic mass is 9.92. The molecule has 6 heteroatoms. The highest BCUT2D eigenvalue weighted by atomic mass is 16.2. The second-order valence-corrected chi connectivity index (χ2v) is 6.91. The summed E-state index contributed by atoms with van der Waals surface area (Å²) in [7, 11) is 0. The topological polar surface area (TPSA) is 67.2 Å². The summed E-state index contributed by atoms with van der Waals surface area (Å²) in [5.74, 6) is 0.703. The quantitative estimate of drug-likeness (QED) is 0.777. The molecule has 0 bridgehead atoms. The fourth-order valence-corrected chi connectivity index (χ4v) is 3.29. The first-order valence-electron chi connectivity index (χ1n) is 8.83. The second kappa shape index (κ2) is 6.79. The van der Waals surface area contributed by atoms with Crippen molar-refractivity contribution in [3.05, 3.63) is 30.1 Å². The Hall–Kier alpha value is -2.11. The van der Waals surface area contributed by atoms with Crippen molar-refractivity contribution >= 4 is 11.8 Å². The van der Waals surface area contributed by atoms with Crippen molar-refractivity contribution in [2.45, 2.75) is 51.6 Å². The molecule has 2 fully saturated rings. The number of carbonyl (C=O) groups is 2. The molecule has 2 heterocycles. The van der Waals surface area contributed by atoms with Gasteiger partial charge in [0.1, 0.15) is 0 Å². The number of aromatic nitrogens is 2. The normalized spacial score (nSPS) is 18.8. The maximum atomic E-state index is 12.7. The Kier molecular flexibility index (Phi) is 4.73. The third-order valence-corrected chi connectivity index (χ3v) is 4.99. The number of hydrogen-bond acceptors (Lipinski definition) is 3. The van der Waals surface area contributed by atoms with Crippen LogP contribution >= 0.6 is 0 Å². The highest BCUT2D eigenvalue weighted by Gasteiger charge is 2.36. The molecule has 1 atom stereocenters. The van der Waals surface area contributed by atoms with Crippen molar-refractivity contribution in [2.75, 3.05) is 13.1 Å². The summed E-state index contributed by atoms with van der Waals surface area (Å²) >= 11 is 0. The number of likely N-dealkylation sites (tertiary alicyclic amines) is 1. The van der Waals surface area contributed by atoms with Crippen LogP contribution in [0.4, 0.5) is 0 Å². The molecule has 1 aromatic rings. The predicted molar refractivity (Wildman–Crippen MR) is 91.7 cm³/mol. The molecule has 1 unspecified atom stereocenters. The van der Waals surface area contributed by atoms with Gasteiger partial charge in [0.05, 0.1) is 17.5 Å². The summed E-state index contributed by atoms with van der Waals surface area (Å²) in [4.78, 5) is 25.9. The molecule has 1 saturated carbocycles. The van der Waals surface area contributed by atoms with Gasteiger partial charge >= 0.3 is 0 Å². The highest BCUT2D eigenvalue weighted by Crippen LogP contribution is 2.41. The van der Waals surface area contributed by atoms with Gasteiger partial charge in [-0.1, -0.05) is 13.5 Å². The van der Waals surface area contributed by atoms with Gasteiger partial charge in [-0.3, -0.25) is 14.3 Å². The van der Waals surface area contributed by atoms with Gasteiger partial charge in [0.2, 0.25) is 5.91 Å². The first-order chi connectivity index (χ1) is 11.5. The highest BCUT2D eigenvalue weighted by molar-refractivity contribution is 5.95. The van der Waals surface area contributed by atoms with E-state index in [0.29, 0.717) is 24.9 Å². The van der Waals surface area contributed by atoms with Crippen molar-refractivity contribution in [2.24, 2.45) is 5.92 Å². The van der Waals surface area contributed by atoms with E-state index < -0.39 is 0 Å². The van der Waals surface area contributed by atoms with E-state index in [2.05, 4.69) is 23.9 Å². The summed E-state index contributed by atoms with van der Waals surface area (Å²) in [6.45, 7) is 9.84. The molecule has 3 rings (SSSR count). The van der Waals surface area contributed by atoms with Gasteiger partial charge in [0, 0.05) is 37.5 Å². The van der Waals surface area contributed by atoms with Crippen LogP contribution < -0.4 is 5.32 Å². The Morgan fingerprint density at radius 1 is 1.46 bits per heavy atom. The van der Waals surface area contributed by atoms with E-state index in [1.807, 2.05) is 11.6 Å². The van der Waals surface area contributed by atoms with Gasteiger partial charge < -0.3 is 10.2 Å². The van der Waals surface area contributed by atoms with Crippen LogP contribution in [0.3, 0.4) is 0 Å². The average molecular weight is 330 g/mol. The van der Waals surface area contributed by atoms with Gasteiger partial charge in [0.15, 0.2) is 0 Å². The molecule has 1 aliphatic heterocycles. The molecule has 24 heavy (non-hydrogen) atoms. The van der Waals surface area contributed by atoms with Crippen molar-refractivity contribution < 1.29 is 9.59 Å². The monoisotopic (exact) mass is 330 g/mol.